The van der Waals surface area contributed by atoms with Crippen molar-refractivity contribution in [2.24, 2.45) is 0 Å². The number of unbranched alkanes of at least 4 members (excludes halogenated alkanes) is 14. The molecule has 2 unspecified atom stereocenters. The SMILES string of the molecule is C=CC(=C)NCCCCCCCCCCCCCCCCCN(C)C1CCN(C2CCc3cccc(F)c32)C1. The lowest BCUT2D eigenvalue weighted by Crippen LogP contribution is -2.36. The van der Waals surface area contributed by atoms with Gasteiger partial charge < -0.3 is 10.2 Å². The van der Waals surface area contributed by atoms with Gasteiger partial charge in [0.1, 0.15) is 5.82 Å². The summed E-state index contributed by atoms with van der Waals surface area (Å²) in [5.74, 6) is 0.00445. The molecule has 39 heavy (non-hydrogen) atoms. The number of nitrogens with zero attached hydrogens (tertiary/aromatic N) is 2. The number of hydrogen-bond donors (Lipinski definition) is 1. The number of likely N-dealkylation sites (N-methyl/N-ethyl adjacent to an activating group) is 1. The van der Waals surface area contributed by atoms with Gasteiger partial charge >= 0.3 is 0 Å². The molecule has 0 amide bonds. The molecule has 4 heteroatoms. The first-order chi connectivity index (χ1) is 19.1. The minimum Gasteiger partial charge on any atom is -0.386 e. The number of benzene rings is 1. The zero-order chi connectivity index (χ0) is 27.7. The average molecular weight is 540 g/mol. The van der Waals surface area contributed by atoms with Gasteiger partial charge in [0, 0.05) is 43.0 Å². The largest absolute Gasteiger partial charge is 0.386 e. The summed E-state index contributed by atoms with van der Waals surface area (Å²) in [4.78, 5) is 5.13. The van der Waals surface area contributed by atoms with Crippen molar-refractivity contribution in [1.29, 1.82) is 0 Å². The summed E-state index contributed by atoms with van der Waals surface area (Å²) < 4.78 is 14.5. The van der Waals surface area contributed by atoms with E-state index in [0.29, 0.717) is 12.1 Å². The lowest BCUT2D eigenvalue weighted by molar-refractivity contribution is 0.196. The molecule has 0 saturated carbocycles. The second-order valence-corrected chi connectivity index (χ2v) is 12.2. The maximum absolute atomic E-state index is 14.5. The first-order valence-corrected chi connectivity index (χ1v) is 16.4. The Labute approximate surface area is 240 Å². The highest BCUT2D eigenvalue weighted by Crippen LogP contribution is 2.39. The van der Waals surface area contributed by atoms with Crippen molar-refractivity contribution in [2.75, 3.05) is 33.2 Å². The number of fused-ring (bicyclic) bond motifs is 1. The monoisotopic (exact) mass is 539 g/mol. The number of rotatable bonds is 22. The van der Waals surface area contributed by atoms with Crippen LogP contribution in [0.15, 0.2) is 43.1 Å². The standard InChI is InChI=1S/C35H58FN3/c1-4-30(2)37-26-18-16-14-12-10-8-6-5-7-9-11-13-15-17-19-27-38(3)32-25-28-39(29-32)34-24-23-31-21-20-22-33(36)35(31)34/h4,20-22,32,34,37H,1-2,5-19,23-29H2,3H3. The van der Waals surface area contributed by atoms with E-state index in [1.54, 1.807) is 12.1 Å². The number of hydrogen-bond acceptors (Lipinski definition) is 3. The molecule has 1 heterocycles. The van der Waals surface area contributed by atoms with Crippen LogP contribution in [0.25, 0.3) is 0 Å². The van der Waals surface area contributed by atoms with E-state index >= 15 is 0 Å². The first kappa shape index (κ1) is 31.9. The number of halogens is 1. The molecule has 0 radical (unpaired) electrons. The fraction of sp³-hybridized carbons (Fsp3) is 0.714. The van der Waals surface area contributed by atoms with Gasteiger partial charge in [0.15, 0.2) is 0 Å². The van der Waals surface area contributed by atoms with E-state index in [1.165, 1.54) is 115 Å². The van der Waals surface area contributed by atoms with Crippen molar-refractivity contribution in [1.82, 2.24) is 15.1 Å². The predicted octanol–water partition coefficient (Wildman–Crippen LogP) is 8.96. The van der Waals surface area contributed by atoms with E-state index < -0.39 is 0 Å². The van der Waals surface area contributed by atoms with Crippen molar-refractivity contribution in [3.63, 3.8) is 0 Å². The Bertz CT molecular complexity index is 837. The van der Waals surface area contributed by atoms with Crippen LogP contribution in [0.5, 0.6) is 0 Å². The fourth-order valence-electron chi connectivity index (χ4n) is 6.67. The van der Waals surface area contributed by atoms with Gasteiger partial charge in [-0.15, -0.1) is 0 Å². The van der Waals surface area contributed by atoms with Crippen molar-refractivity contribution in [2.45, 2.75) is 128 Å². The molecule has 0 aromatic heterocycles. The number of likely N-dealkylation sites (tertiary alicyclic amines) is 1. The second-order valence-electron chi connectivity index (χ2n) is 12.2. The van der Waals surface area contributed by atoms with E-state index in [-0.39, 0.29) is 5.82 Å². The summed E-state index contributed by atoms with van der Waals surface area (Å²) in [6, 6.07) is 6.56. The Morgan fingerprint density at radius 3 is 2.13 bits per heavy atom. The van der Waals surface area contributed by atoms with E-state index in [4.69, 9.17) is 0 Å². The van der Waals surface area contributed by atoms with Crippen molar-refractivity contribution in [3.8, 4) is 0 Å². The van der Waals surface area contributed by atoms with E-state index in [1.807, 2.05) is 6.07 Å². The summed E-state index contributed by atoms with van der Waals surface area (Å²) in [6.45, 7) is 12.0. The molecule has 3 nitrogen and oxygen atoms in total. The lowest BCUT2D eigenvalue weighted by atomic mass is 10.0. The van der Waals surface area contributed by atoms with Gasteiger partial charge in [-0.3, -0.25) is 4.90 Å². The van der Waals surface area contributed by atoms with Crippen molar-refractivity contribution < 1.29 is 4.39 Å². The third-order valence-electron chi connectivity index (χ3n) is 9.21. The lowest BCUT2D eigenvalue weighted by Gasteiger charge is -2.28. The first-order valence-electron chi connectivity index (χ1n) is 16.4. The molecule has 2 aliphatic rings. The minimum absolute atomic E-state index is 0.00445. The van der Waals surface area contributed by atoms with Crippen molar-refractivity contribution in [3.05, 3.63) is 60.1 Å². The van der Waals surface area contributed by atoms with Gasteiger partial charge in [-0.2, -0.15) is 0 Å². The molecular formula is C35H58FN3. The average Bonchev–Trinajstić information content (AvgIpc) is 3.60. The molecule has 1 aromatic carbocycles. The Hall–Kier alpha value is -1.65. The zero-order valence-corrected chi connectivity index (χ0v) is 25.2. The van der Waals surface area contributed by atoms with Gasteiger partial charge in [0.05, 0.1) is 0 Å². The van der Waals surface area contributed by atoms with Crippen LogP contribution in [-0.2, 0) is 6.42 Å². The van der Waals surface area contributed by atoms with E-state index in [2.05, 4.69) is 41.4 Å². The third-order valence-corrected chi connectivity index (χ3v) is 9.21. The summed E-state index contributed by atoms with van der Waals surface area (Å²) in [5, 5.41) is 3.28. The molecule has 1 fully saturated rings. The fourth-order valence-corrected chi connectivity index (χ4v) is 6.67. The molecule has 1 N–H and O–H groups in total. The van der Waals surface area contributed by atoms with Crippen LogP contribution in [0.3, 0.4) is 0 Å². The summed E-state index contributed by atoms with van der Waals surface area (Å²) in [6.07, 6.45) is 25.9. The highest BCUT2D eigenvalue weighted by molar-refractivity contribution is 5.36. The Morgan fingerprint density at radius 2 is 1.51 bits per heavy atom. The second kappa shape index (κ2) is 18.7. The van der Waals surface area contributed by atoms with Crippen molar-refractivity contribution >= 4 is 0 Å². The normalized spacial score (nSPS) is 19.1. The van der Waals surface area contributed by atoms with Crippen LogP contribution in [0.1, 0.15) is 126 Å². The van der Waals surface area contributed by atoms with E-state index in [0.717, 1.165) is 43.7 Å². The Balaban J connectivity index is 1.08. The van der Waals surface area contributed by atoms with Crippen LogP contribution in [-0.4, -0.2) is 49.1 Å². The summed E-state index contributed by atoms with van der Waals surface area (Å²) >= 11 is 0. The molecular weight excluding hydrogens is 481 g/mol. The molecule has 1 aliphatic heterocycles. The third kappa shape index (κ3) is 11.4. The van der Waals surface area contributed by atoms with Gasteiger partial charge in [-0.1, -0.05) is 109 Å². The molecule has 0 spiro atoms. The van der Waals surface area contributed by atoms with Gasteiger partial charge in [-0.05, 0) is 63.4 Å². The topological polar surface area (TPSA) is 18.5 Å². The molecule has 0 bridgehead atoms. The van der Waals surface area contributed by atoms with Crippen LogP contribution in [0, 0.1) is 5.82 Å². The number of nitrogens with one attached hydrogen (secondary N) is 1. The predicted molar refractivity (Wildman–Crippen MR) is 167 cm³/mol. The van der Waals surface area contributed by atoms with Gasteiger partial charge in [-0.25, -0.2) is 4.39 Å². The molecule has 3 rings (SSSR count). The van der Waals surface area contributed by atoms with Crippen LogP contribution in [0.4, 0.5) is 4.39 Å². The van der Waals surface area contributed by atoms with Crippen LogP contribution < -0.4 is 5.32 Å². The van der Waals surface area contributed by atoms with Crippen LogP contribution >= 0.6 is 0 Å². The zero-order valence-electron chi connectivity index (χ0n) is 25.2. The van der Waals surface area contributed by atoms with Crippen LogP contribution in [0.2, 0.25) is 0 Å². The Morgan fingerprint density at radius 1 is 0.923 bits per heavy atom. The molecule has 2 atom stereocenters. The highest BCUT2D eigenvalue weighted by Gasteiger charge is 2.35. The molecule has 220 valence electrons. The maximum atomic E-state index is 14.5. The molecule has 1 saturated heterocycles. The molecule has 1 aliphatic carbocycles. The maximum Gasteiger partial charge on any atom is 0.128 e. The smallest absolute Gasteiger partial charge is 0.128 e. The Kier molecular flexibility index (Phi) is 15.2. The minimum atomic E-state index is 0.00445. The van der Waals surface area contributed by atoms with Gasteiger partial charge in [0.25, 0.3) is 0 Å². The highest BCUT2D eigenvalue weighted by atomic mass is 19.1. The number of aryl methyl sites for hydroxylation is 1. The van der Waals surface area contributed by atoms with E-state index in [9.17, 15) is 4.39 Å². The van der Waals surface area contributed by atoms with Gasteiger partial charge in [0.2, 0.25) is 0 Å². The molecule has 1 aromatic rings. The number of allylic oxidation sites excluding steroid dienone is 1. The summed E-state index contributed by atoms with van der Waals surface area (Å²) in [5.41, 5.74) is 3.16. The summed E-state index contributed by atoms with van der Waals surface area (Å²) in [7, 11) is 2.30. The quantitative estimate of drug-likeness (QED) is 0.117.